The van der Waals surface area contributed by atoms with E-state index < -0.39 is 0 Å². The topological polar surface area (TPSA) is 61.0 Å². The molecule has 5 heteroatoms. The van der Waals surface area contributed by atoms with Crippen molar-refractivity contribution >= 4 is 22.6 Å². The number of hydrogen-bond acceptors (Lipinski definition) is 3. The van der Waals surface area contributed by atoms with E-state index in [0.717, 1.165) is 36.4 Å². The van der Waals surface area contributed by atoms with Crippen LogP contribution in [-0.4, -0.2) is 29.0 Å². The third-order valence-corrected chi connectivity index (χ3v) is 5.03. The summed E-state index contributed by atoms with van der Waals surface area (Å²) in [4.78, 5) is 22.3. The summed E-state index contributed by atoms with van der Waals surface area (Å²) in [6, 6.07) is 12.3. The number of aryl methyl sites for hydroxylation is 1. The molecule has 1 aromatic carbocycles. The number of benzene rings is 1. The van der Waals surface area contributed by atoms with E-state index in [-0.39, 0.29) is 5.91 Å². The van der Waals surface area contributed by atoms with Gasteiger partial charge in [0.05, 0.1) is 0 Å². The third-order valence-electron chi connectivity index (χ3n) is 5.03. The van der Waals surface area contributed by atoms with Crippen LogP contribution in [0.4, 0.5) is 5.82 Å². The number of nitrogens with one attached hydrogen (secondary N) is 2. The highest BCUT2D eigenvalue weighted by molar-refractivity contribution is 5.84. The van der Waals surface area contributed by atoms with Gasteiger partial charge < -0.3 is 15.2 Å². The Morgan fingerprint density at radius 2 is 2.04 bits per heavy atom. The molecule has 26 heavy (non-hydrogen) atoms. The van der Waals surface area contributed by atoms with Gasteiger partial charge in [-0.1, -0.05) is 18.2 Å². The lowest BCUT2D eigenvalue weighted by Crippen LogP contribution is -2.23. The van der Waals surface area contributed by atoms with E-state index in [0.29, 0.717) is 13.0 Å². The molecule has 0 bridgehead atoms. The Bertz CT molecular complexity index is 896. The van der Waals surface area contributed by atoms with Crippen LogP contribution in [0.3, 0.4) is 0 Å². The number of amides is 1. The zero-order valence-electron chi connectivity index (χ0n) is 14.9. The lowest BCUT2D eigenvalue weighted by atomic mass is 10.1. The van der Waals surface area contributed by atoms with Gasteiger partial charge in [-0.25, -0.2) is 4.98 Å². The van der Waals surface area contributed by atoms with E-state index in [2.05, 4.69) is 38.4 Å². The maximum absolute atomic E-state index is 12.2. The van der Waals surface area contributed by atoms with Gasteiger partial charge in [-0.2, -0.15) is 0 Å². The SMILES string of the molecule is O=C(CCc1c[nH]c2ccccc12)NCc1ccnc(N2CCCC2)c1. The van der Waals surface area contributed by atoms with E-state index in [1.54, 1.807) is 0 Å². The molecule has 2 N–H and O–H groups in total. The molecule has 0 radical (unpaired) electrons. The molecule has 2 aromatic heterocycles. The van der Waals surface area contributed by atoms with Gasteiger partial charge >= 0.3 is 0 Å². The van der Waals surface area contributed by atoms with Crippen LogP contribution in [-0.2, 0) is 17.8 Å². The molecule has 1 aliphatic rings. The average molecular weight is 348 g/mol. The number of nitrogens with zero attached hydrogens (tertiary/aromatic N) is 2. The highest BCUT2D eigenvalue weighted by Gasteiger charge is 2.13. The molecular weight excluding hydrogens is 324 g/mol. The fourth-order valence-corrected chi connectivity index (χ4v) is 3.57. The van der Waals surface area contributed by atoms with Gasteiger partial charge in [0.15, 0.2) is 0 Å². The van der Waals surface area contributed by atoms with Crippen molar-refractivity contribution in [1.82, 2.24) is 15.3 Å². The van der Waals surface area contributed by atoms with Crippen molar-refractivity contribution in [3.05, 3.63) is 59.9 Å². The van der Waals surface area contributed by atoms with Crippen LogP contribution in [0, 0.1) is 0 Å². The monoisotopic (exact) mass is 348 g/mol. The number of anilines is 1. The second-order valence-electron chi connectivity index (χ2n) is 6.85. The fourth-order valence-electron chi connectivity index (χ4n) is 3.57. The van der Waals surface area contributed by atoms with Crippen molar-refractivity contribution in [3.63, 3.8) is 0 Å². The van der Waals surface area contributed by atoms with Gasteiger partial charge in [0, 0.05) is 49.4 Å². The second kappa shape index (κ2) is 7.60. The molecule has 134 valence electrons. The summed E-state index contributed by atoms with van der Waals surface area (Å²) in [5.74, 6) is 1.10. The van der Waals surface area contributed by atoms with Gasteiger partial charge in [-0.15, -0.1) is 0 Å². The van der Waals surface area contributed by atoms with Crippen molar-refractivity contribution in [1.29, 1.82) is 0 Å². The Morgan fingerprint density at radius 1 is 1.19 bits per heavy atom. The van der Waals surface area contributed by atoms with E-state index in [1.807, 2.05) is 30.6 Å². The summed E-state index contributed by atoms with van der Waals surface area (Å²) in [5, 5.41) is 4.23. The van der Waals surface area contributed by atoms with Gasteiger partial charge in [0.25, 0.3) is 0 Å². The number of H-pyrrole nitrogens is 1. The van der Waals surface area contributed by atoms with Crippen molar-refractivity contribution in [3.8, 4) is 0 Å². The zero-order chi connectivity index (χ0) is 17.8. The van der Waals surface area contributed by atoms with Crippen LogP contribution in [0.5, 0.6) is 0 Å². The van der Waals surface area contributed by atoms with Crippen molar-refractivity contribution in [2.45, 2.75) is 32.2 Å². The molecule has 1 fully saturated rings. The van der Waals surface area contributed by atoms with Gasteiger partial charge in [-0.05, 0) is 48.6 Å². The van der Waals surface area contributed by atoms with Crippen LogP contribution >= 0.6 is 0 Å². The molecular formula is C21H24N4O. The minimum Gasteiger partial charge on any atom is -0.361 e. The van der Waals surface area contributed by atoms with Crippen LogP contribution in [0.15, 0.2) is 48.8 Å². The number of carbonyl (C=O) groups is 1. The lowest BCUT2D eigenvalue weighted by Gasteiger charge is -2.17. The Kier molecular flexibility index (Phi) is 4.86. The second-order valence-corrected chi connectivity index (χ2v) is 6.85. The number of pyridine rings is 1. The molecule has 4 rings (SSSR count). The molecule has 5 nitrogen and oxygen atoms in total. The highest BCUT2D eigenvalue weighted by Crippen LogP contribution is 2.20. The molecule has 1 saturated heterocycles. The van der Waals surface area contributed by atoms with Crippen molar-refractivity contribution in [2.24, 2.45) is 0 Å². The van der Waals surface area contributed by atoms with Crippen LogP contribution in [0.25, 0.3) is 10.9 Å². The number of aromatic amines is 1. The number of fused-ring (bicyclic) bond motifs is 1. The maximum atomic E-state index is 12.2. The highest BCUT2D eigenvalue weighted by atomic mass is 16.1. The summed E-state index contributed by atoms with van der Waals surface area (Å²) >= 11 is 0. The molecule has 0 aliphatic carbocycles. The fraction of sp³-hybridized carbons (Fsp3) is 0.333. The Hall–Kier alpha value is -2.82. The quantitative estimate of drug-likeness (QED) is 0.718. The summed E-state index contributed by atoms with van der Waals surface area (Å²) in [6.07, 6.45) is 7.54. The van der Waals surface area contributed by atoms with Crippen molar-refractivity contribution in [2.75, 3.05) is 18.0 Å². The summed E-state index contributed by atoms with van der Waals surface area (Å²) in [6.45, 7) is 2.71. The lowest BCUT2D eigenvalue weighted by molar-refractivity contribution is -0.121. The molecule has 0 spiro atoms. The summed E-state index contributed by atoms with van der Waals surface area (Å²) in [5.41, 5.74) is 3.41. The number of hydrogen-bond donors (Lipinski definition) is 2. The van der Waals surface area contributed by atoms with Crippen LogP contribution < -0.4 is 10.2 Å². The van der Waals surface area contributed by atoms with Crippen LogP contribution in [0.2, 0.25) is 0 Å². The third kappa shape index (κ3) is 3.72. The predicted octanol–water partition coefficient (Wildman–Crippen LogP) is 3.41. The molecule has 1 amide bonds. The smallest absolute Gasteiger partial charge is 0.220 e. The first-order valence-electron chi connectivity index (χ1n) is 9.31. The Morgan fingerprint density at radius 3 is 2.92 bits per heavy atom. The number of para-hydroxylation sites is 1. The van der Waals surface area contributed by atoms with E-state index in [9.17, 15) is 4.79 Å². The van der Waals surface area contributed by atoms with E-state index in [4.69, 9.17) is 0 Å². The van der Waals surface area contributed by atoms with Gasteiger partial charge in [0.1, 0.15) is 5.82 Å². The van der Waals surface area contributed by atoms with E-state index >= 15 is 0 Å². The molecule has 0 atom stereocenters. The van der Waals surface area contributed by atoms with Crippen molar-refractivity contribution < 1.29 is 4.79 Å². The molecule has 0 saturated carbocycles. The number of rotatable bonds is 6. The number of aromatic nitrogens is 2. The molecule has 0 unspecified atom stereocenters. The minimum absolute atomic E-state index is 0.0785. The summed E-state index contributed by atoms with van der Waals surface area (Å²) in [7, 11) is 0. The number of carbonyl (C=O) groups excluding carboxylic acids is 1. The Labute approximate surface area is 153 Å². The minimum atomic E-state index is 0.0785. The predicted molar refractivity (Wildman–Crippen MR) is 104 cm³/mol. The molecule has 3 aromatic rings. The maximum Gasteiger partial charge on any atom is 0.220 e. The van der Waals surface area contributed by atoms with E-state index in [1.165, 1.54) is 23.8 Å². The Balaban J connectivity index is 1.30. The zero-order valence-corrected chi connectivity index (χ0v) is 14.9. The van der Waals surface area contributed by atoms with Gasteiger partial charge in [-0.3, -0.25) is 4.79 Å². The first-order valence-corrected chi connectivity index (χ1v) is 9.31. The first-order chi connectivity index (χ1) is 12.8. The molecule has 1 aliphatic heterocycles. The largest absolute Gasteiger partial charge is 0.361 e. The molecule has 3 heterocycles. The standard InChI is InChI=1S/C21H24N4O/c26-21(8-7-17-15-23-19-6-2-1-5-18(17)19)24-14-16-9-10-22-20(13-16)25-11-3-4-12-25/h1-2,5-6,9-10,13,15,23H,3-4,7-8,11-12,14H2,(H,24,26). The first kappa shape index (κ1) is 16.6. The summed E-state index contributed by atoms with van der Waals surface area (Å²) < 4.78 is 0. The van der Waals surface area contributed by atoms with Crippen LogP contribution in [0.1, 0.15) is 30.4 Å². The average Bonchev–Trinajstić information content (AvgIpc) is 3.35. The van der Waals surface area contributed by atoms with Gasteiger partial charge in [0.2, 0.25) is 5.91 Å². The normalized spacial score (nSPS) is 14.1.